The summed E-state index contributed by atoms with van der Waals surface area (Å²) < 4.78 is 13.0. The summed E-state index contributed by atoms with van der Waals surface area (Å²) in [6, 6.07) is 45.3. The molecule has 0 saturated carbocycles. The molecule has 0 bridgehead atoms. The lowest BCUT2D eigenvalue weighted by atomic mass is 10.0. The number of rotatable bonds is 15. The van der Waals surface area contributed by atoms with Crippen molar-refractivity contribution < 1.29 is 8.85 Å². The second kappa shape index (κ2) is 15.4. The fraction of sp³-hybridized carbons (Fsp3) is 0.250. The molecular weight excluding hydrogens is 473 g/mol. The Balaban J connectivity index is 1.18. The van der Waals surface area contributed by atoms with Crippen LogP contribution in [-0.2, 0) is 21.7 Å². The third-order valence-electron chi connectivity index (χ3n) is 6.55. The molecule has 36 heavy (non-hydrogen) atoms. The number of hydrogen-bond donors (Lipinski definition) is 0. The van der Waals surface area contributed by atoms with Gasteiger partial charge in [-0.25, -0.2) is 0 Å². The van der Waals surface area contributed by atoms with E-state index in [0.29, 0.717) is 0 Å². The highest BCUT2D eigenvalue weighted by Gasteiger charge is 2.14. The van der Waals surface area contributed by atoms with Gasteiger partial charge >= 0.3 is 0 Å². The quantitative estimate of drug-likeness (QED) is 0.130. The minimum absolute atomic E-state index is 0.169. The number of hydrogen-bond acceptors (Lipinski definition) is 2. The molecular formula is C32H38O2Si2. The number of unbranched alkanes of at least 4 members (excludes halogenated alkanes) is 1. The summed E-state index contributed by atoms with van der Waals surface area (Å²) in [5.41, 5.74) is 5.26. The summed E-state index contributed by atoms with van der Waals surface area (Å²) in [4.78, 5) is 0. The van der Waals surface area contributed by atoms with Gasteiger partial charge in [-0.05, 0) is 34.3 Å². The molecule has 4 heteroatoms. The average molecular weight is 511 g/mol. The Hall–Kier alpha value is -2.77. The molecule has 0 N–H and O–H groups in total. The van der Waals surface area contributed by atoms with Gasteiger partial charge in [-0.15, -0.1) is 0 Å². The predicted octanol–water partition coefficient (Wildman–Crippen LogP) is 6.77. The van der Waals surface area contributed by atoms with Crippen LogP contribution in [0.15, 0.2) is 121 Å². The molecule has 2 nitrogen and oxygen atoms in total. The molecule has 0 amide bonds. The van der Waals surface area contributed by atoms with Gasteiger partial charge in [0, 0.05) is 12.8 Å². The standard InChI is InChI=1S/C32H38O2Si2/c1-5-15-27(16-6-1)25-31(29-19-9-3-10-20-29)33-35-23-13-14-24-36-34-32(30-21-11-4-12-22-30)26-28-17-7-2-8-18-28/h1-12,15-22,31-32H,13-14,23-26,35-36H2. The van der Waals surface area contributed by atoms with Gasteiger partial charge in [0.2, 0.25) is 0 Å². The van der Waals surface area contributed by atoms with Crippen LogP contribution in [0.4, 0.5) is 0 Å². The lowest BCUT2D eigenvalue weighted by molar-refractivity contribution is 0.215. The Bertz CT molecular complexity index is 1000. The molecule has 4 rings (SSSR count). The molecule has 4 aromatic carbocycles. The first-order valence-corrected chi connectivity index (χ1v) is 16.4. The lowest BCUT2D eigenvalue weighted by Gasteiger charge is -2.20. The minimum Gasteiger partial charge on any atom is -0.417 e. The van der Waals surface area contributed by atoms with Crippen molar-refractivity contribution in [3.63, 3.8) is 0 Å². The van der Waals surface area contributed by atoms with Crippen molar-refractivity contribution in [3.05, 3.63) is 144 Å². The van der Waals surface area contributed by atoms with Gasteiger partial charge in [0.05, 0.1) is 12.2 Å². The van der Waals surface area contributed by atoms with Crippen molar-refractivity contribution in [2.75, 3.05) is 0 Å². The first-order valence-electron chi connectivity index (χ1n) is 13.3. The topological polar surface area (TPSA) is 18.5 Å². The van der Waals surface area contributed by atoms with Crippen molar-refractivity contribution in [3.8, 4) is 0 Å². The summed E-state index contributed by atoms with van der Waals surface area (Å²) >= 11 is 0. The van der Waals surface area contributed by atoms with Crippen LogP contribution in [0.2, 0.25) is 12.1 Å². The molecule has 2 atom stereocenters. The third-order valence-corrected chi connectivity index (χ3v) is 9.40. The summed E-state index contributed by atoms with van der Waals surface area (Å²) in [7, 11) is -1.10. The van der Waals surface area contributed by atoms with Gasteiger partial charge < -0.3 is 8.85 Å². The van der Waals surface area contributed by atoms with Crippen molar-refractivity contribution >= 4 is 19.5 Å². The van der Waals surface area contributed by atoms with Gasteiger partial charge in [0.1, 0.15) is 0 Å². The summed E-state index contributed by atoms with van der Waals surface area (Å²) in [5, 5.41) is 0. The van der Waals surface area contributed by atoms with Gasteiger partial charge in [0.25, 0.3) is 0 Å². The fourth-order valence-corrected chi connectivity index (χ4v) is 7.18. The van der Waals surface area contributed by atoms with Crippen LogP contribution in [-0.4, -0.2) is 19.5 Å². The normalized spacial score (nSPS) is 13.4. The van der Waals surface area contributed by atoms with Crippen LogP contribution in [0, 0.1) is 0 Å². The van der Waals surface area contributed by atoms with Crippen molar-refractivity contribution in [1.29, 1.82) is 0 Å². The van der Waals surface area contributed by atoms with Crippen molar-refractivity contribution in [2.45, 2.75) is 50.0 Å². The molecule has 0 saturated heterocycles. The van der Waals surface area contributed by atoms with E-state index < -0.39 is 19.5 Å². The van der Waals surface area contributed by atoms with Gasteiger partial charge in [-0.3, -0.25) is 0 Å². The van der Waals surface area contributed by atoms with E-state index in [4.69, 9.17) is 8.85 Å². The molecule has 2 unspecified atom stereocenters. The van der Waals surface area contributed by atoms with Crippen LogP contribution in [0.1, 0.15) is 47.3 Å². The molecule has 186 valence electrons. The maximum Gasteiger partial charge on any atom is 0.162 e. The summed E-state index contributed by atoms with van der Waals surface area (Å²) in [6.07, 6.45) is 4.74. The maximum atomic E-state index is 6.52. The Morgan fingerprint density at radius 3 is 1.14 bits per heavy atom. The molecule has 4 aromatic rings. The van der Waals surface area contributed by atoms with E-state index in [1.54, 1.807) is 0 Å². The first kappa shape index (κ1) is 26.3. The zero-order chi connectivity index (χ0) is 24.7. The monoisotopic (exact) mass is 510 g/mol. The molecule has 0 fully saturated rings. The Morgan fingerprint density at radius 1 is 0.444 bits per heavy atom. The van der Waals surface area contributed by atoms with Gasteiger partial charge in [0.15, 0.2) is 19.5 Å². The van der Waals surface area contributed by atoms with E-state index in [-0.39, 0.29) is 12.2 Å². The molecule has 0 spiro atoms. The zero-order valence-electron chi connectivity index (χ0n) is 21.2. The second-order valence-corrected chi connectivity index (χ2v) is 12.2. The lowest BCUT2D eigenvalue weighted by Crippen LogP contribution is -2.12. The van der Waals surface area contributed by atoms with E-state index in [0.717, 1.165) is 12.8 Å². The Morgan fingerprint density at radius 2 is 0.778 bits per heavy atom. The van der Waals surface area contributed by atoms with Crippen LogP contribution in [0.3, 0.4) is 0 Å². The van der Waals surface area contributed by atoms with Crippen molar-refractivity contribution in [2.24, 2.45) is 0 Å². The van der Waals surface area contributed by atoms with Crippen LogP contribution < -0.4 is 0 Å². The molecule has 0 aliphatic carbocycles. The largest absolute Gasteiger partial charge is 0.417 e. The summed E-state index contributed by atoms with van der Waals surface area (Å²) in [6.45, 7) is 0. The van der Waals surface area contributed by atoms with E-state index >= 15 is 0 Å². The summed E-state index contributed by atoms with van der Waals surface area (Å²) in [5.74, 6) is 0. The second-order valence-electron chi connectivity index (χ2n) is 9.33. The molecule has 0 heterocycles. The highest BCUT2D eigenvalue weighted by Crippen LogP contribution is 2.24. The highest BCUT2D eigenvalue weighted by molar-refractivity contribution is 6.27. The van der Waals surface area contributed by atoms with Gasteiger partial charge in [-0.2, -0.15) is 0 Å². The van der Waals surface area contributed by atoms with Crippen LogP contribution in [0.5, 0.6) is 0 Å². The van der Waals surface area contributed by atoms with Gasteiger partial charge in [-0.1, -0.05) is 134 Å². The van der Waals surface area contributed by atoms with E-state index in [1.807, 2.05) is 0 Å². The molecule has 0 aromatic heterocycles. The number of benzene rings is 4. The van der Waals surface area contributed by atoms with Crippen LogP contribution in [0.25, 0.3) is 0 Å². The first-order chi connectivity index (χ1) is 17.9. The SMILES string of the molecule is c1ccc(CC(O[SiH2]CCCC[SiH2]OC(Cc2ccccc2)c2ccccc2)c2ccccc2)cc1. The van der Waals surface area contributed by atoms with Crippen LogP contribution >= 0.6 is 0 Å². The van der Waals surface area contributed by atoms with E-state index in [2.05, 4.69) is 121 Å². The average Bonchev–Trinajstić information content (AvgIpc) is 2.95. The third kappa shape index (κ3) is 9.03. The minimum atomic E-state index is -0.552. The molecule has 0 aliphatic heterocycles. The molecule has 0 aliphatic rings. The Kier molecular flexibility index (Phi) is 11.2. The highest BCUT2D eigenvalue weighted by atomic mass is 28.2. The fourth-order valence-electron chi connectivity index (χ4n) is 4.55. The smallest absolute Gasteiger partial charge is 0.162 e. The predicted molar refractivity (Wildman–Crippen MR) is 157 cm³/mol. The zero-order valence-corrected chi connectivity index (χ0v) is 24.0. The van der Waals surface area contributed by atoms with E-state index in [9.17, 15) is 0 Å². The maximum absolute atomic E-state index is 6.52. The molecule has 0 radical (unpaired) electrons. The van der Waals surface area contributed by atoms with Crippen molar-refractivity contribution in [1.82, 2.24) is 0 Å². The Labute approximate surface area is 221 Å². The van der Waals surface area contributed by atoms with E-state index in [1.165, 1.54) is 47.2 Å².